The first-order valence-corrected chi connectivity index (χ1v) is 7.70. The Morgan fingerprint density at radius 1 is 1.36 bits per heavy atom. The number of hydrogen-bond acceptors (Lipinski definition) is 5. The Morgan fingerprint density at radius 3 is 2.86 bits per heavy atom. The average molecular weight is 301 g/mol. The minimum absolute atomic E-state index is 0.00708. The van der Waals surface area contributed by atoms with Crippen LogP contribution in [0.5, 0.6) is 5.75 Å². The number of rotatable bonds is 3. The van der Waals surface area contributed by atoms with Crippen LogP contribution in [0, 0.1) is 5.92 Å². The molecule has 3 aliphatic rings. The smallest absolute Gasteiger partial charge is 0.359 e. The first kappa shape index (κ1) is 13.6. The Bertz CT molecular complexity index is 704. The van der Waals surface area contributed by atoms with Gasteiger partial charge in [0.2, 0.25) is 0 Å². The lowest BCUT2D eigenvalue weighted by Crippen LogP contribution is -2.51. The molecule has 4 heterocycles. The monoisotopic (exact) mass is 301 g/mol. The molecule has 2 aromatic rings. The summed E-state index contributed by atoms with van der Waals surface area (Å²) in [6.45, 7) is 3.10. The van der Waals surface area contributed by atoms with Crippen molar-refractivity contribution in [2.24, 2.45) is 5.92 Å². The number of fused-ring (bicyclic) bond motifs is 4. The van der Waals surface area contributed by atoms with Gasteiger partial charge in [-0.15, -0.1) is 0 Å². The highest BCUT2D eigenvalue weighted by Gasteiger charge is 2.37. The maximum absolute atomic E-state index is 12.5. The van der Waals surface area contributed by atoms with Crippen molar-refractivity contribution in [3.05, 3.63) is 23.9 Å². The van der Waals surface area contributed by atoms with Crippen LogP contribution in [0.1, 0.15) is 23.3 Å². The van der Waals surface area contributed by atoms with E-state index in [1.165, 1.54) is 0 Å². The van der Waals surface area contributed by atoms with Crippen molar-refractivity contribution in [3.63, 3.8) is 0 Å². The molecule has 1 aromatic heterocycles. The van der Waals surface area contributed by atoms with Crippen LogP contribution in [0.3, 0.4) is 0 Å². The summed E-state index contributed by atoms with van der Waals surface area (Å²) in [5.41, 5.74) is 1.07. The zero-order chi connectivity index (χ0) is 15.1. The van der Waals surface area contributed by atoms with E-state index in [1.54, 1.807) is 7.11 Å². The highest BCUT2D eigenvalue weighted by atomic mass is 16.5. The number of nitrogens with zero attached hydrogens (tertiary/aromatic N) is 2. The van der Waals surface area contributed by atoms with Gasteiger partial charge in [-0.1, -0.05) is 12.1 Å². The van der Waals surface area contributed by atoms with Gasteiger partial charge in [-0.05, 0) is 37.9 Å². The van der Waals surface area contributed by atoms with Gasteiger partial charge in [-0.3, -0.25) is 10.00 Å². The molecular formula is C16H19N3O3. The van der Waals surface area contributed by atoms with E-state index < -0.39 is 0 Å². The number of aromatic amines is 1. The molecule has 3 aliphatic heterocycles. The fourth-order valence-corrected chi connectivity index (χ4v) is 3.58. The Balaban J connectivity index is 1.58. The number of carbonyl (C=O) groups is 1. The second-order valence-electron chi connectivity index (χ2n) is 6.04. The first-order chi connectivity index (χ1) is 10.8. The molecule has 0 spiro atoms. The molecule has 0 aliphatic carbocycles. The van der Waals surface area contributed by atoms with Crippen molar-refractivity contribution < 1.29 is 14.3 Å². The first-order valence-electron chi connectivity index (χ1n) is 7.70. The predicted octanol–water partition coefficient (Wildman–Crippen LogP) is 1.82. The molecule has 5 rings (SSSR count). The highest BCUT2D eigenvalue weighted by Crippen LogP contribution is 2.31. The van der Waals surface area contributed by atoms with Crippen molar-refractivity contribution >= 4 is 16.9 Å². The molecule has 3 fully saturated rings. The zero-order valence-corrected chi connectivity index (χ0v) is 12.5. The minimum Gasteiger partial charge on any atom is -0.494 e. The summed E-state index contributed by atoms with van der Waals surface area (Å²) < 4.78 is 11.0. The fraction of sp³-hybridized carbons (Fsp3) is 0.500. The van der Waals surface area contributed by atoms with Gasteiger partial charge in [-0.25, -0.2) is 4.79 Å². The summed E-state index contributed by atoms with van der Waals surface area (Å²) >= 11 is 0. The van der Waals surface area contributed by atoms with E-state index in [9.17, 15) is 4.79 Å². The van der Waals surface area contributed by atoms with Crippen LogP contribution in [-0.2, 0) is 4.74 Å². The van der Waals surface area contributed by atoms with E-state index in [1.807, 2.05) is 18.2 Å². The Labute approximate surface area is 128 Å². The van der Waals surface area contributed by atoms with Crippen LogP contribution in [-0.4, -0.2) is 53.9 Å². The normalized spacial score (nSPS) is 27.0. The van der Waals surface area contributed by atoms with E-state index in [0.29, 0.717) is 17.4 Å². The van der Waals surface area contributed by atoms with E-state index in [4.69, 9.17) is 9.47 Å². The third-order valence-electron chi connectivity index (χ3n) is 4.83. The van der Waals surface area contributed by atoms with Gasteiger partial charge in [-0.2, -0.15) is 5.10 Å². The molecule has 2 bridgehead atoms. The minimum atomic E-state index is -0.349. The number of para-hydroxylation sites is 1. The molecule has 6 heteroatoms. The summed E-state index contributed by atoms with van der Waals surface area (Å²) in [5, 5.41) is 7.75. The van der Waals surface area contributed by atoms with E-state index >= 15 is 0 Å². The van der Waals surface area contributed by atoms with E-state index in [2.05, 4.69) is 15.1 Å². The lowest BCUT2D eigenvalue weighted by Gasteiger charge is -2.43. The molecule has 0 amide bonds. The molecule has 1 unspecified atom stereocenters. The molecule has 1 atom stereocenters. The number of hydrogen-bond donors (Lipinski definition) is 1. The van der Waals surface area contributed by atoms with Crippen molar-refractivity contribution in [1.29, 1.82) is 0 Å². The summed E-state index contributed by atoms with van der Waals surface area (Å²) in [6.07, 6.45) is 2.23. The quantitative estimate of drug-likeness (QED) is 0.876. The molecule has 0 saturated carbocycles. The number of ether oxygens (including phenoxy) is 2. The van der Waals surface area contributed by atoms with Gasteiger partial charge in [0.15, 0.2) is 5.69 Å². The fourth-order valence-electron chi connectivity index (χ4n) is 3.58. The summed E-state index contributed by atoms with van der Waals surface area (Å²) in [5.74, 6) is 0.818. The Hall–Kier alpha value is -2.08. The van der Waals surface area contributed by atoms with E-state index in [-0.39, 0.29) is 12.1 Å². The van der Waals surface area contributed by atoms with Crippen molar-refractivity contribution in [1.82, 2.24) is 15.1 Å². The van der Waals surface area contributed by atoms with Crippen LogP contribution in [0.25, 0.3) is 10.9 Å². The third kappa shape index (κ3) is 2.14. The number of methoxy groups -OCH3 is 1. The molecular weight excluding hydrogens is 282 g/mol. The van der Waals surface area contributed by atoms with Crippen molar-refractivity contribution in [2.75, 3.05) is 26.7 Å². The lowest BCUT2D eigenvalue weighted by atomic mass is 9.86. The summed E-state index contributed by atoms with van der Waals surface area (Å²) in [4.78, 5) is 14.9. The zero-order valence-electron chi connectivity index (χ0n) is 12.5. The van der Waals surface area contributed by atoms with Gasteiger partial charge < -0.3 is 9.47 Å². The lowest BCUT2D eigenvalue weighted by molar-refractivity contribution is -0.0458. The number of carbonyl (C=O) groups excluding carboxylic acids is 1. The van der Waals surface area contributed by atoms with Crippen molar-refractivity contribution in [3.8, 4) is 5.75 Å². The largest absolute Gasteiger partial charge is 0.494 e. The summed E-state index contributed by atoms with van der Waals surface area (Å²) in [6, 6.07) is 5.54. The second kappa shape index (κ2) is 5.28. The van der Waals surface area contributed by atoms with Crippen LogP contribution < -0.4 is 4.74 Å². The number of H-pyrrole nitrogens is 1. The summed E-state index contributed by atoms with van der Waals surface area (Å²) in [7, 11) is 1.60. The molecule has 116 valence electrons. The van der Waals surface area contributed by atoms with Gasteiger partial charge >= 0.3 is 5.97 Å². The molecule has 22 heavy (non-hydrogen) atoms. The highest BCUT2D eigenvalue weighted by molar-refractivity contribution is 6.03. The number of piperidine rings is 3. The van der Waals surface area contributed by atoms with Crippen LogP contribution >= 0.6 is 0 Å². The Kier molecular flexibility index (Phi) is 3.26. The maximum Gasteiger partial charge on any atom is 0.359 e. The maximum atomic E-state index is 12.5. The Morgan fingerprint density at radius 2 is 2.18 bits per heavy atom. The number of nitrogens with one attached hydrogen (secondary N) is 1. The van der Waals surface area contributed by atoms with Crippen molar-refractivity contribution in [2.45, 2.75) is 18.9 Å². The SMILES string of the molecule is COc1cccc2c(C(=O)OC3CN4CCC3CC4)n[nH]c12. The second-order valence-corrected chi connectivity index (χ2v) is 6.04. The molecule has 6 nitrogen and oxygen atoms in total. The van der Waals surface area contributed by atoms with Gasteiger partial charge in [0.25, 0.3) is 0 Å². The molecule has 0 radical (unpaired) electrons. The molecule has 1 N–H and O–H groups in total. The average Bonchev–Trinajstić information content (AvgIpc) is 3.00. The van der Waals surface area contributed by atoms with Gasteiger partial charge in [0.05, 0.1) is 7.11 Å². The van der Waals surface area contributed by atoms with E-state index in [0.717, 1.165) is 43.4 Å². The predicted molar refractivity (Wildman–Crippen MR) is 81.0 cm³/mol. The topological polar surface area (TPSA) is 67.5 Å². The van der Waals surface area contributed by atoms with Crippen LogP contribution in [0.15, 0.2) is 18.2 Å². The van der Waals surface area contributed by atoms with Crippen LogP contribution in [0.2, 0.25) is 0 Å². The van der Waals surface area contributed by atoms with Gasteiger partial charge in [0, 0.05) is 11.9 Å². The molecule has 3 saturated heterocycles. The number of aromatic nitrogens is 2. The number of esters is 1. The standard InChI is InChI=1S/C16H19N3O3/c1-21-12-4-2-3-11-14(12)17-18-15(11)16(20)22-13-9-19-7-5-10(13)6-8-19/h2-4,10,13H,5-9H2,1H3,(H,17,18). The van der Waals surface area contributed by atoms with Gasteiger partial charge in [0.1, 0.15) is 17.4 Å². The van der Waals surface area contributed by atoms with Crippen LogP contribution in [0.4, 0.5) is 0 Å². The molecule has 1 aromatic carbocycles. The number of benzene rings is 1. The third-order valence-corrected chi connectivity index (χ3v) is 4.83.